The van der Waals surface area contributed by atoms with Crippen LogP contribution in [0.1, 0.15) is 12.7 Å². The number of ether oxygens (including phenoxy) is 1. The van der Waals surface area contributed by atoms with Crippen molar-refractivity contribution in [3.63, 3.8) is 0 Å². The Hall–Kier alpha value is -2.83. The Balaban J connectivity index is 1.59. The van der Waals surface area contributed by atoms with Gasteiger partial charge in [-0.2, -0.15) is 0 Å². The fourth-order valence-electron chi connectivity index (χ4n) is 3.09. The van der Waals surface area contributed by atoms with E-state index in [0.717, 1.165) is 30.5 Å². The van der Waals surface area contributed by atoms with Gasteiger partial charge in [-0.05, 0) is 26.0 Å². The van der Waals surface area contributed by atoms with Crippen LogP contribution in [0.5, 0.6) is 5.75 Å². The number of carbonyl (C=O) groups is 1. The molecule has 1 aliphatic heterocycles. The highest BCUT2D eigenvalue weighted by Crippen LogP contribution is 2.20. The molecular weight excluding hydrogens is 342 g/mol. The van der Waals surface area contributed by atoms with Crippen LogP contribution in [0.2, 0.25) is 0 Å². The monoisotopic (exact) mass is 369 g/mol. The summed E-state index contributed by atoms with van der Waals surface area (Å²) in [5.74, 6) is 3.28. The van der Waals surface area contributed by atoms with Crippen molar-refractivity contribution in [2.24, 2.45) is 0 Å². The van der Waals surface area contributed by atoms with Crippen molar-refractivity contribution in [2.75, 3.05) is 50.1 Å². The normalized spacial score (nSPS) is 15.4. The third-order valence-corrected chi connectivity index (χ3v) is 4.59. The van der Waals surface area contributed by atoms with Gasteiger partial charge in [-0.25, -0.2) is 9.97 Å². The summed E-state index contributed by atoms with van der Waals surface area (Å²) in [4.78, 5) is 27.7. The molecule has 0 saturated carbocycles. The summed E-state index contributed by atoms with van der Waals surface area (Å²) in [5, 5.41) is 0. The minimum absolute atomic E-state index is 0.0198. The molecule has 7 nitrogen and oxygen atoms in total. The molecule has 1 saturated heterocycles. The van der Waals surface area contributed by atoms with Gasteiger partial charge in [0.15, 0.2) is 6.10 Å². The summed E-state index contributed by atoms with van der Waals surface area (Å²) in [5.41, 5.74) is 0. The van der Waals surface area contributed by atoms with E-state index < -0.39 is 6.10 Å². The standard InChI is InChI=1S/C20H27N5O2/c1-15(27-17-8-6-5-7-9-17)20(26)25-12-10-24(11-13-25)19-14-18(23(3)4)21-16(2)22-19/h5-9,14-15H,10-13H2,1-4H3. The molecule has 3 rings (SSSR count). The number of anilines is 2. The first-order chi connectivity index (χ1) is 12.9. The van der Waals surface area contributed by atoms with E-state index in [1.54, 1.807) is 6.92 Å². The first-order valence-electron chi connectivity index (χ1n) is 9.22. The lowest BCUT2D eigenvalue weighted by molar-refractivity contribution is -0.138. The summed E-state index contributed by atoms with van der Waals surface area (Å²) in [6, 6.07) is 11.4. The van der Waals surface area contributed by atoms with Gasteiger partial charge in [-0.3, -0.25) is 4.79 Å². The van der Waals surface area contributed by atoms with E-state index in [1.165, 1.54) is 0 Å². The average molecular weight is 369 g/mol. The molecule has 1 aromatic heterocycles. The van der Waals surface area contributed by atoms with Gasteiger partial charge >= 0.3 is 0 Å². The van der Waals surface area contributed by atoms with Crippen molar-refractivity contribution >= 4 is 17.5 Å². The molecule has 144 valence electrons. The Kier molecular flexibility index (Phi) is 5.78. The first kappa shape index (κ1) is 18.9. The maximum absolute atomic E-state index is 12.7. The zero-order valence-corrected chi connectivity index (χ0v) is 16.4. The third kappa shape index (κ3) is 4.67. The van der Waals surface area contributed by atoms with Crippen LogP contribution in [0.15, 0.2) is 36.4 Å². The van der Waals surface area contributed by atoms with E-state index in [4.69, 9.17) is 4.74 Å². The van der Waals surface area contributed by atoms with Gasteiger partial charge in [0.05, 0.1) is 0 Å². The van der Waals surface area contributed by atoms with Crippen molar-refractivity contribution in [1.29, 1.82) is 0 Å². The number of rotatable bonds is 5. The molecule has 1 unspecified atom stereocenters. The van der Waals surface area contributed by atoms with Crippen molar-refractivity contribution in [3.8, 4) is 5.75 Å². The van der Waals surface area contributed by atoms with Crippen LogP contribution in [0.3, 0.4) is 0 Å². The fraction of sp³-hybridized carbons (Fsp3) is 0.450. The van der Waals surface area contributed by atoms with Crippen LogP contribution in [0.4, 0.5) is 11.6 Å². The quantitative estimate of drug-likeness (QED) is 0.803. The number of para-hydroxylation sites is 1. The Morgan fingerprint density at radius 3 is 2.41 bits per heavy atom. The van der Waals surface area contributed by atoms with E-state index in [-0.39, 0.29) is 5.91 Å². The lowest BCUT2D eigenvalue weighted by Gasteiger charge is -2.36. The number of amides is 1. The largest absolute Gasteiger partial charge is 0.481 e. The zero-order chi connectivity index (χ0) is 19.4. The second kappa shape index (κ2) is 8.24. The number of carbonyl (C=O) groups excluding carboxylic acids is 1. The molecule has 1 amide bonds. The minimum Gasteiger partial charge on any atom is -0.481 e. The van der Waals surface area contributed by atoms with Gasteiger partial charge in [0.2, 0.25) is 0 Å². The molecule has 2 aromatic rings. The van der Waals surface area contributed by atoms with Gasteiger partial charge in [0, 0.05) is 46.3 Å². The number of nitrogens with zero attached hydrogens (tertiary/aromatic N) is 5. The first-order valence-corrected chi connectivity index (χ1v) is 9.22. The summed E-state index contributed by atoms with van der Waals surface area (Å²) >= 11 is 0. The molecule has 0 spiro atoms. The maximum Gasteiger partial charge on any atom is 0.263 e. The van der Waals surface area contributed by atoms with Crippen molar-refractivity contribution < 1.29 is 9.53 Å². The lowest BCUT2D eigenvalue weighted by atomic mass is 10.2. The minimum atomic E-state index is -0.499. The second-order valence-electron chi connectivity index (χ2n) is 6.91. The Morgan fingerprint density at radius 1 is 1.11 bits per heavy atom. The van der Waals surface area contributed by atoms with Gasteiger partial charge in [0.25, 0.3) is 5.91 Å². The van der Waals surface area contributed by atoms with Gasteiger partial charge in [0.1, 0.15) is 23.2 Å². The molecule has 7 heteroatoms. The smallest absolute Gasteiger partial charge is 0.263 e. The van der Waals surface area contributed by atoms with Crippen LogP contribution in [0, 0.1) is 6.92 Å². The van der Waals surface area contributed by atoms with Crippen LogP contribution in [-0.4, -0.2) is 67.2 Å². The number of benzene rings is 1. The number of hydrogen-bond acceptors (Lipinski definition) is 6. The average Bonchev–Trinajstić information content (AvgIpc) is 2.67. The van der Waals surface area contributed by atoms with E-state index in [9.17, 15) is 4.79 Å². The van der Waals surface area contributed by atoms with Gasteiger partial charge < -0.3 is 19.4 Å². The fourth-order valence-corrected chi connectivity index (χ4v) is 3.09. The van der Waals surface area contributed by atoms with Gasteiger partial charge in [-0.1, -0.05) is 18.2 Å². The molecule has 0 bridgehead atoms. The summed E-state index contributed by atoms with van der Waals surface area (Å²) in [7, 11) is 3.94. The molecule has 0 N–H and O–H groups in total. The molecule has 1 aliphatic rings. The SMILES string of the molecule is Cc1nc(N(C)C)cc(N2CCN(C(=O)C(C)Oc3ccccc3)CC2)n1. The van der Waals surface area contributed by atoms with E-state index >= 15 is 0 Å². The number of piperazine rings is 1. The van der Waals surface area contributed by atoms with Crippen molar-refractivity contribution in [1.82, 2.24) is 14.9 Å². The maximum atomic E-state index is 12.7. The third-order valence-electron chi connectivity index (χ3n) is 4.59. The summed E-state index contributed by atoms with van der Waals surface area (Å²) in [6.45, 7) is 6.50. The topological polar surface area (TPSA) is 61.8 Å². The number of hydrogen-bond donors (Lipinski definition) is 0. The molecular formula is C20H27N5O2. The predicted octanol–water partition coefficient (Wildman–Crippen LogP) is 1.97. The highest BCUT2D eigenvalue weighted by atomic mass is 16.5. The highest BCUT2D eigenvalue weighted by molar-refractivity contribution is 5.81. The van der Waals surface area contributed by atoms with Crippen LogP contribution in [-0.2, 0) is 4.79 Å². The molecule has 1 fully saturated rings. The second-order valence-corrected chi connectivity index (χ2v) is 6.91. The lowest BCUT2D eigenvalue weighted by Crippen LogP contribution is -2.52. The van der Waals surface area contributed by atoms with Gasteiger partial charge in [-0.15, -0.1) is 0 Å². The van der Waals surface area contributed by atoms with Crippen LogP contribution < -0.4 is 14.5 Å². The molecule has 0 aliphatic carbocycles. The molecule has 1 atom stereocenters. The molecule has 0 radical (unpaired) electrons. The van der Waals surface area contributed by atoms with E-state index in [0.29, 0.717) is 18.8 Å². The Labute approximate surface area is 160 Å². The van der Waals surface area contributed by atoms with Crippen LogP contribution >= 0.6 is 0 Å². The molecule has 2 heterocycles. The van der Waals surface area contributed by atoms with Crippen molar-refractivity contribution in [3.05, 3.63) is 42.2 Å². The van der Waals surface area contributed by atoms with E-state index in [1.807, 2.05) is 67.2 Å². The zero-order valence-electron chi connectivity index (χ0n) is 16.4. The van der Waals surface area contributed by atoms with Crippen LogP contribution in [0.25, 0.3) is 0 Å². The Bertz CT molecular complexity index is 773. The predicted molar refractivity (Wildman–Crippen MR) is 106 cm³/mol. The number of aromatic nitrogens is 2. The van der Waals surface area contributed by atoms with Crippen molar-refractivity contribution in [2.45, 2.75) is 20.0 Å². The molecule has 1 aromatic carbocycles. The van der Waals surface area contributed by atoms with E-state index in [2.05, 4.69) is 14.9 Å². The number of aryl methyl sites for hydroxylation is 1. The Morgan fingerprint density at radius 2 is 1.78 bits per heavy atom. The summed E-state index contributed by atoms with van der Waals surface area (Å²) in [6.07, 6.45) is -0.499. The molecule has 27 heavy (non-hydrogen) atoms. The highest BCUT2D eigenvalue weighted by Gasteiger charge is 2.27. The summed E-state index contributed by atoms with van der Waals surface area (Å²) < 4.78 is 5.77.